The zero-order chi connectivity index (χ0) is 15.6. The van der Waals surface area contributed by atoms with Gasteiger partial charge < -0.3 is 9.64 Å². The molecule has 0 spiro atoms. The predicted molar refractivity (Wildman–Crippen MR) is 81.4 cm³/mol. The third-order valence-corrected chi connectivity index (χ3v) is 4.88. The van der Waals surface area contributed by atoms with Crippen molar-refractivity contribution < 1.29 is 17.9 Å². The highest BCUT2D eigenvalue weighted by Gasteiger charge is 2.33. The fourth-order valence-corrected chi connectivity index (χ4v) is 2.98. The van der Waals surface area contributed by atoms with Gasteiger partial charge >= 0.3 is 0 Å². The van der Waals surface area contributed by atoms with E-state index >= 15 is 0 Å². The molecule has 1 amide bonds. The fourth-order valence-electron chi connectivity index (χ4n) is 2.03. The Balaban J connectivity index is 2.32. The molecule has 0 aliphatic heterocycles. The van der Waals surface area contributed by atoms with Crippen molar-refractivity contribution in [2.75, 3.05) is 20.3 Å². The summed E-state index contributed by atoms with van der Waals surface area (Å²) in [4.78, 5) is 14.3. The van der Waals surface area contributed by atoms with Crippen LogP contribution in [0.25, 0.3) is 0 Å². The molecule has 0 bridgehead atoms. The number of nitrogens with two attached hydrogens (primary N) is 1. The number of benzene rings is 1. The molecule has 6 nitrogen and oxygen atoms in total. The smallest absolute Gasteiger partial charge is 0.255 e. The van der Waals surface area contributed by atoms with Crippen molar-refractivity contribution in [1.82, 2.24) is 4.90 Å². The molecular weight excluding hydrogens is 360 g/mol. The fraction of sp³-hybridized carbons (Fsp3) is 0.462. The molecule has 1 saturated carbocycles. The highest BCUT2D eigenvalue weighted by molar-refractivity contribution is 9.10. The monoisotopic (exact) mass is 376 g/mol. The molecule has 1 aromatic carbocycles. The number of carbonyl (C=O) groups excluding carboxylic acids is 1. The van der Waals surface area contributed by atoms with Gasteiger partial charge in [-0.25, -0.2) is 13.6 Å². The van der Waals surface area contributed by atoms with Crippen molar-refractivity contribution >= 4 is 31.9 Å². The lowest BCUT2D eigenvalue weighted by molar-refractivity contribution is 0.0679. The number of carbonyl (C=O) groups is 1. The molecule has 0 saturated heterocycles. The molecule has 1 aromatic rings. The van der Waals surface area contributed by atoms with Crippen LogP contribution in [0.3, 0.4) is 0 Å². The number of hydrogen-bond acceptors (Lipinski definition) is 4. The summed E-state index contributed by atoms with van der Waals surface area (Å²) in [6, 6.07) is 4.41. The van der Waals surface area contributed by atoms with Crippen molar-refractivity contribution in [2.24, 2.45) is 5.14 Å². The van der Waals surface area contributed by atoms with E-state index in [1.54, 1.807) is 12.0 Å². The van der Waals surface area contributed by atoms with E-state index in [4.69, 9.17) is 9.88 Å². The first-order valence-corrected chi connectivity index (χ1v) is 8.81. The summed E-state index contributed by atoms with van der Waals surface area (Å²) in [5.41, 5.74) is 0.296. The Hall–Kier alpha value is -0.960. The SMILES string of the molecule is COCCN(C(=O)c1cc(S(N)(=O)=O)ccc1Br)C1CC1. The van der Waals surface area contributed by atoms with Gasteiger partial charge in [0.1, 0.15) is 0 Å². The summed E-state index contributed by atoms with van der Waals surface area (Å²) in [7, 11) is -2.26. The van der Waals surface area contributed by atoms with Crippen LogP contribution in [-0.2, 0) is 14.8 Å². The number of nitrogens with zero attached hydrogens (tertiary/aromatic N) is 1. The molecule has 8 heteroatoms. The van der Waals surface area contributed by atoms with Gasteiger partial charge in [-0.15, -0.1) is 0 Å². The molecule has 1 fully saturated rings. The number of rotatable bonds is 6. The molecule has 1 aliphatic carbocycles. The van der Waals surface area contributed by atoms with E-state index in [-0.39, 0.29) is 16.8 Å². The summed E-state index contributed by atoms with van der Waals surface area (Å²) in [5, 5.41) is 5.12. The van der Waals surface area contributed by atoms with Crippen LogP contribution >= 0.6 is 15.9 Å². The summed E-state index contributed by atoms with van der Waals surface area (Å²) in [6.45, 7) is 0.917. The van der Waals surface area contributed by atoms with Crippen LogP contribution in [0.5, 0.6) is 0 Å². The Morgan fingerprint density at radius 3 is 2.67 bits per heavy atom. The number of primary sulfonamides is 1. The van der Waals surface area contributed by atoms with E-state index in [9.17, 15) is 13.2 Å². The second-order valence-corrected chi connectivity index (χ2v) is 7.32. The van der Waals surface area contributed by atoms with Crippen LogP contribution < -0.4 is 5.14 Å². The molecule has 21 heavy (non-hydrogen) atoms. The molecule has 116 valence electrons. The molecule has 0 aromatic heterocycles. The van der Waals surface area contributed by atoms with Gasteiger partial charge in [-0.1, -0.05) is 0 Å². The zero-order valence-corrected chi connectivity index (χ0v) is 14.0. The van der Waals surface area contributed by atoms with E-state index in [2.05, 4.69) is 15.9 Å². The first-order valence-electron chi connectivity index (χ1n) is 6.47. The molecule has 0 heterocycles. The Labute approximate surface area is 132 Å². The number of methoxy groups -OCH3 is 1. The normalized spacial score (nSPS) is 15.0. The molecule has 0 unspecified atom stereocenters. The number of sulfonamides is 1. The lowest BCUT2D eigenvalue weighted by atomic mass is 10.2. The van der Waals surface area contributed by atoms with Crippen LogP contribution in [0, 0.1) is 0 Å². The summed E-state index contributed by atoms with van der Waals surface area (Å²) < 4.78 is 28.4. The third-order valence-electron chi connectivity index (χ3n) is 3.28. The maximum atomic E-state index is 12.6. The van der Waals surface area contributed by atoms with Gasteiger partial charge in [0.05, 0.1) is 17.1 Å². The molecular formula is C13H17BrN2O4S. The minimum absolute atomic E-state index is 0.0726. The van der Waals surface area contributed by atoms with E-state index in [1.807, 2.05) is 0 Å². The topological polar surface area (TPSA) is 89.7 Å². The number of hydrogen-bond donors (Lipinski definition) is 1. The van der Waals surface area contributed by atoms with Gasteiger partial charge in [-0.3, -0.25) is 4.79 Å². The van der Waals surface area contributed by atoms with Crippen molar-refractivity contribution in [3.8, 4) is 0 Å². The van der Waals surface area contributed by atoms with E-state index in [0.29, 0.717) is 23.2 Å². The van der Waals surface area contributed by atoms with Crippen molar-refractivity contribution in [3.05, 3.63) is 28.2 Å². The molecule has 2 rings (SSSR count). The van der Waals surface area contributed by atoms with Gasteiger partial charge in [-0.2, -0.15) is 0 Å². The Morgan fingerprint density at radius 2 is 2.14 bits per heavy atom. The van der Waals surface area contributed by atoms with Gasteiger partial charge in [0.15, 0.2) is 0 Å². The maximum Gasteiger partial charge on any atom is 0.255 e. The number of halogens is 1. The first-order chi connectivity index (χ1) is 9.84. The average Bonchev–Trinajstić information content (AvgIpc) is 3.22. The summed E-state index contributed by atoms with van der Waals surface area (Å²) in [5.74, 6) is -0.216. The predicted octanol–water partition coefficient (Wildman–Crippen LogP) is 1.35. The van der Waals surface area contributed by atoms with E-state index in [1.165, 1.54) is 18.2 Å². The van der Waals surface area contributed by atoms with Crippen LogP contribution in [0.4, 0.5) is 0 Å². The average molecular weight is 377 g/mol. The van der Waals surface area contributed by atoms with Crippen molar-refractivity contribution in [2.45, 2.75) is 23.8 Å². The Bertz CT molecular complexity index is 644. The summed E-state index contributed by atoms with van der Waals surface area (Å²) >= 11 is 3.29. The molecule has 1 aliphatic rings. The number of ether oxygens (including phenoxy) is 1. The molecule has 2 N–H and O–H groups in total. The largest absolute Gasteiger partial charge is 0.383 e. The highest BCUT2D eigenvalue weighted by atomic mass is 79.9. The highest BCUT2D eigenvalue weighted by Crippen LogP contribution is 2.30. The molecule has 0 atom stereocenters. The van der Waals surface area contributed by atoms with Crippen LogP contribution in [0.1, 0.15) is 23.2 Å². The van der Waals surface area contributed by atoms with Crippen molar-refractivity contribution in [3.63, 3.8) is 0 Å². The minimum atomic E-state index is -3.84. The molecule has 0 radical (unpaired) electrons. The van der Waals surface area contributed by atoms with E-state index < -0.39 is 10.0 Å². The number of amides is 1. The lowest BCUT2D eigenvalue weighted by Crippen LogP contribution is -2.36. The maximum absolute atomic E-state index is 12.6. The Morgan fingerprint density at radius 1 is 1.48 bits per heavy atom. The van der Waals surface area contributed by atoms with Gasteiger partial charge in [0.2, 0.25) is 10.0 Å². The Kier molecular flexibility index (Phi) is 5.03. The van der Waals surface area contributed by atoms with Gasteiger partial charge in [0, 0.05) is 24.2 Å². The standard InChI is InChI=1S/C13H17BrN2O4S/c1-20-7-6-16(9-2-3-9)13(17)11-8-10(21(15,18)19)4-5-12(11)14/h4-5,8-9H,2-3,6-7H2,1H3,(H2,15,18,19). The van der Waals surface area contributed by atoms with Crippen LogP contribution in [0.15, 0.2) is 27.6 Å². The quantitative estimate of drug-likeness (QED) is 0.810. The third kappa shape index (κ3) is 4.03. The second-order valence-electron chi connectivity index (χ2n) is 4.91. The van der Waals surface area contributed by atoms with E-state index in [0.717, 1.165) is 12.8 Å². The lowest BCUT2D eigenvalue weighted by Gasteiger charge is -2.23. The second kappa shape index (κ2) is 6.43. The summed E-state index contributed by atoms with van der Waals surface area (Å²) in [6.07, 6.45) is 1.92. The van der Waals surface area contributed by atoms with Crippen LogP contribution in [-0.4, -0.2) is 45.5 Å². The van der Waals surface area contributed by atoms with Gasteiger partial charge in [-0.05, 0) is 47.0 Å². The van der Waals surface area contributed by atoms with Gasteiger partial charge in [0.25, 0.3) is 5.91 Å². The minimum Gasteiger partial charge on any atom is -0.383 e. The zero-order valence-electron chi connectivity index (χ0n) is 11.6. The first kappa shape index (κ1) is 16.4. The van der Waals surface area contributed by atoms with Crippen LogP contribution in [0.2, 0.25) is 0 Å². The van der Waals surface area contributed by atoms with Crippen molar-refractivity contribution in [1.29, 1.82) is 0 Å².